The predicted octanol–water partition coefficient (Wildman–Crippen LogP) is 2.81. The highest BCUT2D eigenvalue weighted by Crippen LogP contribution is 2.28. The number of ketones is 1. The van der Waals surface area contributed by atoms with Gasteiger partial charge < -0.3 is 19.3 Å². The van der Waals surface area contributed by atoms with Gasteiger partial charge in [-0.15, -0.1) is 0 Å². The molecule has 8 nitrogen and oxygen atoms in total. The number of aromatic nitrogens is 2. The van der Waals surface area contributed by atoms with E-state index in [4.69, 9.17) is 9.47 Å². The molecule has 0 radical (unpaired) electrons. The van der Waals surface area contributed by atoms with Crippen molar-refractivity contribution >= 4 is 17.5 Å². The van der Waals surface area contributed by atoms with E-state index < -0.39 is 0 Å². The Morgan fingerprint density at radius 2 is 1.77 bits per heavy atom. The molecule has 0 unspecified atom stereocenters. The third-order valence-electron chi connectivity index (χ3n) is 5.27. The lowest BCUT2D eigenvalue weighted by molar-refractivity contribution is -0.131. The second-order valence-electron chi connectivity index (χ2n) is 7.66. The van der Waals surface area contributed by atoms with Crippen LogP contribution in [0.2, 0.25) is 0 Å². The average molecular weight is 427 g/mol. The van der Waals surface area contributed by atoms with Gasteiger partial charge in [0.15, 0.2) is 17.3 Å². The van der Waals surface area contributed by atoms with Crippen molar-refractivity contribution in [1.82, 2.24) is 14.9 Å². The first-order chi connectivity index (χ1) is 14.9. The maximum Gasteiger partial charge on any atom is 0.222 e. The van der Waals surface area contributed by atoms with E-state index in [0.29, 0.717) is 49.6 Å². The van der Waals surface area contributed by atoms with E-state index in [2.05, 4.69) is 14.9 Å². The van der Waals surface area contributed by atoms with Gasteiger partial charge in [0, 0.05) is 49.9 Å². The Bertz CT molecular complexity index is 919. The van der Waals surface area contributed by atoms with Crippen LogP contribution in [0.15, 0.2) is 24.3 Å². The minimum absolute atomic E-state index is 0.0273. The Morgan fingerprint density at radius 1 is 1.03 bits per heavy atom. The Balaban J connectivity index is 1.43. The molecule has 1 aromatic heterocycles. The quantitative estimate of drug-likeness (QED) is 0.474. The summed E-state index contributed by atoms with van der Waals surface area (Å²) in [5, 5.41) is 0. The van der Waals surface area contributed by atoms with Crippen LogP contribution in [-0.4, -0.2) is 66.5 Å². The summed E-state index contributed by atoms with van der Waals surface area (Å²) in [6, 6.07) is 7.10. The number of Topliss-reactive ketones (excluding diaryl/α,β-unsaturated/α-hetero) is 1. The number of piperazine rings is 1. The Kier molecular flexibility index (Phi) is 7.44. The summed E-state index contributed by atoms with van der Waals surface area (Å²) in [5.41, 5.74) is 1.53. The molecular formula is C23H30N4O4. The van der Waals surface area contributed by atoms with Gasteiger partial charge in [-0.25, -0.2) is 9.97 Å². The molecule has 8 heteroatoms. The summed E-state index contributed by atoms with van der Waals surface area (Å²) in [6.45, 7) is 8.66. The number of benzene rings is 1. The van der Waals surface area contributed by atoms with Crippen LogP contribution in [0.25, 0.3) is 0 Å². The predicted molar refractivity (Wildman–Crippen MR) is 118 cm³/mol. The van der Waals surface area contributed by atoms with Crippen LogP contribution in [0.5, 0.6) is 11.5 Å². The maximum atomic E-state index is 12.6. The number of aryl methyl sites for hydroxylation is 2. The molecule has 0 bridgehead atoms. The van der Waals surface area contributed by atoms with E-state index in [-0.39, 0.29) is 11.7 Å². The third kappa shape index (κ3) is 5.93. The summed E-state index contributed by atoms with van der Waals surface area (Å²) >= 11 is 0. The van der Waals surface area contributed by atoms with Gasteiger partial charge in [0.05, 0.1) is 13.7 Å². The second kappa shape index (κ2) is 10.2. The number of nitrogens with zero attached hydrogens (tertiary/aromatic N) is 4. The minimum Gasteiger partial charge on any atom is -0.493 e. The van der Waals surface area contributed by atoms with Crippen molar-refractivity contribution in [2.75, 3.05) is 44.8 Å². The number of carbonyl (C=O) groups is 2. The fraction of sp³-hybridized carbons (Fsp3) is 0.478. The molecule has 31 heavy (non-hydrogen) atoms. The van der Waals surface area contributed by atoms with E-state index >= 15 is 0 Å². The molecule has 0 spiro atoms. The highest BCUT2D eigenvalue weighted by Gasteiger charge is 2.22. The summed E-state index contributed by atoms with van der Waals surface area (Å²) in [5.74, 6) is 2.89. The van der Waals surface area contributed by atoms with Gasteiger partial charge in [0.1, 0.15) is 11.6 Å². The molecular weight excluding hydrogens is 396 g/mol. The van der Waals surface area contributed by atoms with Crippen molar-refractivity contribution in [2.45, 2.75) is 33.6 Å². The minimum atomic E-state index is -0.0273. The van der Waals surface area contributed by atoms with Crippen molar-refractivity contribution in [3.8, 4) is 11.5 Å². The normalized spacial score (nSPS) is 13.8. The molecule has 0 atom stereocenters. The Hall–Kier alpha value is -3.16. The standard InChI is InChI=1S/C23H30N4O4/c1-16-14-22(25-18(3)24-16)26-9-11-27(12-10-26)23(29)6-5-13-31-20-8-7-19(17(2)28)15-21(20)30-4/h7-8,14-15H,5-6,9-13H2,1-4H3. The molecule has 2 heterocycles. The molecule has 166 valence electrons. The first kappa shape index (κ1) is 22.5. The highest BCUT2D eigenvalue weighted by molar-refractivity contribution is 5.94. The zero-order valence-electron chi connectivity index (χ0n) is 18.7. The van der Waals surface area contributed by atoms with Crippen molar-refractivity contribution in [3.63, 3.8) is 0 Å². The van der Waals surface area contributed by atoms with Crippen LogP contribution < -0.4 is 14.4 Å². The third-order valence-corrected chi connectivity index (χ3v) is 5.27. The topological polar surface area (TPSA) is 84.9 Å². The highest BCUT2D eigenvalue weighted by atomic mass is 16.5. The molecule has 1 aliphatic heterocycles. The lowest BCUT2D eigenvalue weighted by Gasteiger charge is -2.35. The zero-order valence-corrected chi connectivity index (χ0v) is 18.7. The number of rotatable bonds is 8. The van der Waals surface area contributed by atoms with Gasteiger partial charge in [-0.05, 0) is 45.4 Å². The molecule has 0 N–H and O–H groups in total. The second-order valence-corrected chi connectivity index (χ2v) is 7.66. The van der Waals surface area contributed by atoms with Crippen LogP contribution in [0, 0.1) is 13.8 Å². The zero-order chi connectivity index (χ0) is 22.4. The monoisotopic (exact) mass is 426 g/mol. The lowest BCUT2D eigenvalue weighted by Crippen LogP contribution is -2.49. The molecule has 0 saturated carbocycles. The first-order valence-corrected chi connectivity index (χ1v) is 10.5. The van der Waals surface area contributed by atoms with E-state index in [1.165, 1.54) is 6.92 Å². The molecule has 0 aliphatic carbocycles. The fourth-order valence-electron chi connectivity index (χ4n) is 3.61. The number of hydrogen-bond acceptors (Lipinski definition) is 7. The van der Waals surface area contributed by atoms with Crippen LogP contribution >= 0.6 is 0 Å². The SMILES string of the molecule is COc1cc(C(C)=O)ccc1OCCCC(=O)N1CCN(c2cc(C)nc(C)n2)CC1. The van der Waals surface area contributed by atoms with Crippen molar-refractivity contribution in [2.24, 2.45) is 0 Å². The van der Waals surface area contributed by atoms with E-state index in [0.717, 1.165) is 30.4 Å². The fourth-order valence-corrected chi connectivity index (χ4v) is 3.61. The largest absolute Gasteiger partial charge is 0.493 e. The summed E-state index contributed by atoms with van der Waals surface area (Å²) in [4.78, 5) is 37.0. The van der Waals surface area contributed by atoms with Crippen LogP contribution in [-0.2, 0) is 4.79 Å². The van der Waals surface area contributed by atoms with Gasteiger partial charge in [0.25, 0.3) is 0 Å². The van der Waals surface area contributed by atoms with Gasteiger partial charge in [-0.3, -0.25) is 9.59 Å². The molecule has 1 amide bonds. The van der Waals surface area contributed by atoms with Crippen molar-refractivity contribution in [3.05, 3.63) is 41.3 Å². The maximum absolute atomic E-state index is 12.6. The van der Waals surface area contributed by atoms with Crippen molar-refractivity contribution in [1.29, 1.82) is 0 Å². The number of hydrogen-bond donors (Lipinski definition) is 0. The summed E-state index contributed by atoms with van der Waals surface area (Å²) in [7, 11) is 1.54. The number of carbonyl (C=O) groups excluding carboxylic acids is 2. The first-order valence-electron chi connectivity index (χ1n) is 10.5. The smallest absolute Gasteiger partial charge is 0.222 e. The van der Waals surface area contributed by atoms with Crippen LogP contribution in [0.4, 0.5) is 5.82 Å². The van der Waals surface area contributed by atoms with Gasteiger partial charge >= 0.3 is 0 Å². The number of ether oxygens (including phenoxy) is 2. The van der Waals surface area contributed by atoms with Gasteiger partial charge in [0.2, 0.25) is 5.91 Å². The number of anilines is 1. The van der Waals surface area contributed by atoms with Crippen molar-refractivity contribution < 1.29 is 19.1 Å². The molecule has 2 aromatic rings. The molecule has 3 rings (SSSR count). The average Bonchev–Trinajstić information content (AvgIpc) is 2.76. The van der Waals surface area contributed by atoms with Gasteiger partial charge in [-0.1, -0.05) is 0 Å². The summed E-state index contributed by atoms with van der Waals surface area (Å²) in [6.07, 6.45) is 1.04. The van der Waals surface area contributed by atoms with E-state index in [1.807, 2.05) is 24.8 Å². The summed E-state index contributed by atoms with van der Waals surface area (Å²) < 4.78 is 11.1. The number of amides is 1. The molecule has 1 saturated heterocycles. The Labute approximate surface area is 183 Å². The molecule has 1 aliphatic rings. The lowest BCUT2D eigenvalue weighted by atomic mass is 10.1. The van der Waals surface area contributed by atoms with Crippen LogP contribution in [0.3, 0.4) is 0 Å². The van der Waals surface area contributed by atoms with Crippen LogP contribution in [0.1, 0.15) is 41.6 Å². The van der Waals surface area contributed by atoms with Gasteiger partial charge in [-0.2, -0.15) is 0 Å². The molecule has 1 fully saturated rings. The van der Waals surface area contributed by atoms with E-state index in [9.17, 15) is 9.59 Å². The Morgan fingerprint density at radius 3 is 2.42 bits per heavy atom. The molecule has 1 aromatic carbocycles. The van der Waals surface area contributed by atoms with E-state index in [1.54, 1.807) is 25.3 Å². The number of methoxy groups -OCH3 is 1.